The Morgan fingerprint density at radius 1 is 0.345 bits per heavy atom. The summed E-state index contributed by atoms with van der Waals surface area (Å²) in [6.07, 6.45) is 41.0. The molecule has 0 rings (SSSR count). The number of carbonyl (C=O) groups excluding carboxylic acids is 3. The van der Waals surface area contributed by atoms with Gasteiger partial charge in [0.2, 0.25) is 0 Å². The standard InChI is InChI=1S/C49H94O6/c1-6-7-8-9-10-18-25-31-36-41-49(52)55-46(43-54-48(51)40-35-30-26-21-23-28-33-38-45(4)5)42-53-47(50)39-34-29-24-20-17-15-13-11-12-14-16-19-22-27-32-37-44(2)3/h44-46H,6-43H2,1-5H3/t46-/m1/s1. The molecule has 0 fully saturated rings. The maximum Gasteiger partial charge on any atom is 0.306 e. The quantitative estimate of drug-likeness (QED) is 0.0348. The van der Waals surface area contributed by atoms with Crippen molar-refractivity contribution in [3.63, 3.8) is 0 Å². The van der Waals surface area contributed by atoms with Gasteiger partial charge in [-0.05, 0) is 31.1 Å². The van der Waals surface area contributed by atoms with E-state index < -0.39 is 6.10 Å². The van der Waals surface area contributed by atoms with Crippen LogP contribution in [0.4, 0.5) is 0 Å². The maximum absolute atomic E-state index is 12.7. The van der Waals surface area contributed by atoms with E-state index in [0.29, 0.717) is 19.3 Å². The first-order valence-corrected chi connectivity index (χ1v) is 24.2. The van der Waals surface area contributed by atoms with Gasteiger partial charge in [0.15, 0.2) is 6.10 Å². The molecule has 0 aromatic carbocycles. The average Bonchev–Trinajstić information content (AvgIpc) is 3.15. The van der Waals surface area contributed by atoms with E-state index in [0.717, 1.165) is 69.6 Å². The van der Waals surface area contributed by atoms with E-state index in [1.807, 2.05) is 0 Å². The Balaban J connectivity index is 4.21. The van der Waals surface area contributed by atoms with Crippen molar-refractivity contribution in [3.05, 3.63) is 0 Å². The Hall–Kier alpha value is -1.59. The van der Waals surface area contributed by atoms with Crippen LogP contribution in [0.25, 0.3) is 0 Å². The van der Waals surface area contributed by atoms with E-state index in [1.165, 1.54) is 154 Å². The summed E-state index contributed by atoms with van der Waals surface area (Å²) in [6, 6.07) is 0. The molecule has 0 aromatic heterocycles. The van der Waals surface area contributed by atoms with Gasteiger partial charge in [-0.25, -0.2) is 0 Å². The van der Waals surface area contributed by atoms with Crippen molar-refractivity contribution >= 4 is 17.9 Å². The molecule has 0 amide bonds. The smallest absolute Gasteiger partial charge is 0.306 e. The van der Waals surface area contributed by atoms with Crippen molar-refractivity contribution in [1.29, 1.82) is 0 Å². The number of esters is 3. The van der Waals surface area contributed by atoms with Gasteiger partial charge in [-0.3, -0.25) is 14.4 Å². The second-order valence-electron chi connectivity index (χ2n) is 17.7. The van der Waals surface area contributed by atoms with Gasteiger partial charge in [0.05, 0.1) is 0 Å². The van der Waals surface area contributed by atoms with Crippen molar-refractivity contribution in [3.8, 4) is 0 Å². The highest BCUT2D eigenvalue weighted by molar-refractivity contribution is 5.71. The molecule has 0 aliphatic heterocycles. The number of hydrogen-bond donors (Lipinski definition) is 0. The number of hydrogen-bond acceptors (Lipinski definition) is 6. The van der Waals surface area contributed by atoms with Gasteiger partial charge < -0.3 is 14.2 Å². The summed E-state index contributed by atoms with van der Waals surface area (Å²) < 4.78 is 16.7. The van der Waals surface area contributed by atoms with E-state index in [9.17, 15) is 14.4 Å². The Morgan fingerprint density at radius 2 is 0.600 bits per heavy atom. The molecule has 0 radical (unpaired) electrons. The van der Waals surface area contributed by atoms with Crippen molar-refractivity contribution in [2.24, 2.45) is 11.8 Å². The van der Waals surface area contributed by atoms with Crippen LogP contribution in [0.15, 0.2) is 0 Å². The van der Waals surface area contributed by atoms with Gasteiger partial charge in [-0.1, -0.05) is 227 Å². The van der Waals surface area contributed by atoms with E-state index in [2.05, 4.69) is 34.6 Å². The Bertz CT molecular complexity index is 839. The number of carbonyl (C=O) groups is 3. The van der Waals surface area contributed by atoms with E-state index in [4.69, 9.17) is 14.2 Å². The normalized spacial score (nSPS) is 12.1. The van der Waals surface area contributed by atoms with Crippen molar-refractivity contribution < 1.29 is 28.6 Å². The molecule has 0 heterocycles. The summed E-state index contributed by atoms with van der Waals surface area (Å²) in [5.74, 6) is 0.773. The fourth-order valence-corrected chi connectivity index (χ4v) is 7.28. The molecule has 0 saturated carbocycles. The predicted molar refractivity (Wildman–Crippen MR) is 233 cm³/mol. The van der Waals surface area contributed by atoms with Crippen LogP contribution in [0.3, 0.4) is 0 Å². The third kappa shape index (κ3) is 43.4. The third-order valence-electron chi connectivity index (χ3n) is 11.0. The maximum atomic E-state index is 12.7. The van der Waals surface area contributed by atoms with E-state index >= 15 is 0 Å². The molecule has 0 saturated heterocycles. The number of ether oxygens (including phenoxy) is 3. The van der Waals surface area contributed by atoms with Crippen molar-refractivity contribution in [2.75, 3.05) is 13.2 Å². The lowest BCUT2D eigenvalue weighted by Gasteiger charge is -2.18. The molecule has 0 aliphatic carbocycles. The summed E-state index contributed by atoms with van der Waals surface area (Å²) in [6.45, 7) is 11.3. The van der Waals surface area contributed by atoms with Gasteiger partial charge in [0.1, 0.15) is 13.2 Å². The Morgan fingerprint density at radius 3 is 0.891 bits per heavy atom. The zero-order chi connectivity index (χ0) is 40.5. The van der Waals surface area contributed by atoms with Crippen LogP contribution in [0.5, 0.6) is 0 Å². The first-order valence-electron chi connectivity index (χ1n) is 24.2. The molecule has 0 N–H and O–H groups in total. The molecular weight excluding hydrogens is 685 g/mol. The van der Waals surface area contributed by atoms with Crippen LogP contribution < -0.4 is 0 Å². The molecular formula is C49H94O6. The lowest BCUT2D eigenvalue weighted by Crippen LogP contribution is -2.30. The lowest BCUT2D eigenvalue weighted by molar-refractivity contribution is -0.167. The Kier molecular flexibility index (Phi) is 40.8. The largest absolute Gasteiger partial charge is 0.462 e. The molecule has 0 aliphatic rings. The van der Waals surface area contributed by atoms with Crippen LogP contribution >= 0.6 is 0 Å². The summed E-state index contributed by atoms with van der Waals surface area (Å²) >= 11 is 0. The first-order chi connectivity index (χ1) is 26.7. The van der Waals surface area contributed by atoms with Gasteiger partial charge >= 0.3 is 17.9 Å². The van der Waals surface area contributed by atoms with Crippen LogP contribution in [0, 0.1) is 11.8 Å². The van der Waals surface area contributed by atoms with E-state index in [-0.39, 0.29) is 31.1 Å². The molecule has 0 spiro atoms. The second kappa shape index (κ2) is 42.0. The summed E-state index contributed by atoms with van der Waals surface area (Å²) in [5.41, 5.74) is 0. The van der Waals surface area contributed by atoms with Gasteiger partial charge in [-0.2, -0.15) is 0 Å². The SMILES string of the molecule is CCCCCCCCCCCC(=O)O[C@H](COC(=O)CCCCCCCCCCCCCCCCCC(C)C)COC(=O)CCCCCCCCCC(C)C. The third-order valence-corrected chi connectivity index (χ3v) is 11.0. The van der Waals surface area contributed by atoms with Crippen molar-refractivity contribution in [2.45, 2.75) is 272 Å². The Labute approximate surface area is 342 Å². The van der Waals surface area contributed by atoms with Crippen LogP contribution in [0.2, 0.25) is 0 Å². The molecule has 0 unspecified atom stereocenters. The molecule has 326 valence electrons. The highest BCUT2D eigenvalue weighted by Gasteiger charge is 2.19. The fourth-order valence-electron chi connectivity index (χ4n) is 7.28. The van der Waals surface area contributed by atoms with Gasteiger partial charge in [0, 0.05) is 19.3 Å². The fraction of sp³-hybridized carbons (Fsp3) is 0.939. The van der Waals surface area contributed by atoms with Gasteiger partial charge in [0.25, 0.3) is 0 Å². The first kappa shape index (κ1) is 53.4. The average molecular weight is 779 g/mol. The minimum absolute atomic E-state index is 0.0648. The number of rotatable bonds is 43. The lowest BCUT2D eigenvalue weighted by atomic mass is 10.0. The molecule has 0 bridgehead atoms. The molecule has 6 heteroatoms. The summed E-state index contributed by atoms with van der Waals surface area (Å²) in [7, 11) is 0. The molecule has 1 atom stereocenters. The second-order valence-corrected chi connectivity index (χ2v) is 17.7. The zero-order valence-corrected chi connectivity index (χ0v) is 37.6. The monoisotopic (exact) mass is 779 g/mol. The number of unbranched alkanes of at least 4 members (excludes halogenated alkanes) is 28. The minimum Gasteiger partial charge on any atom is -0.462 e. The highest BCUT2D eigenvalue weighted by Crippen LogP contribution is 2.17. The molecule has 0 aromatic rings. The topological polar surface area (TPSA) is 78.9 Å². The minimum atomic E-state index is -0.760. The van der Waals surface area contributed by atoms with E-state index in [1.54, 1.807) is 0 Å². The predicted octanol–water partition coefficient (Wildman–Crippen LogP) is 15.4. The summed E-state index contributed by atoms with van der Waals surface area (Å²) in [5, 5.41) is 0. The van der Waals surface area contributed by atoms with Crippen molar-refractivity contribution in [1.82, 2.24) is 0 Å². The van der Waals surface area contributed by atoms with Crippen LogP contribution in [-0.2, 0) is 28.6 Å². The molecule has 55 heavy (non-hydrogen) atoms. The van der Waals surface area contributed by atoms with Crippen LogP contribution in [-0.4, -0.2) is 37.2 Å². The molecule has 6 nitrogen and oxygen atoms in total. The van der Waals surface area contributed by atoms with Gasteiger partial charge in [-0.15, -0.1) is 0 Å². The van der Waals surface area contributed by atoms with Crippen LogP contribution in [0.1, 0.15) is 266 Å². The highest BCUT2D eigenvalue weighted by atomic mass is 16.6. The summed E-state index contributed by atoms with van der Waals surface area (Å²) in [4.78, 5) is 37.7. The zero-order valence-electron chi connectivity index (χ0n) is 37.6.